The summed E-state index contributed by atoms with van der Waals surface area (Å²) in [5.41, 5.74) is 4.06. The number of benzene rings is 1. The van der Waals surface area contributed by atoms with Crippen molar-refractivity contribution < 1.29 is 4.79 Å². The third-order valence-electron chi connectivity index (χ3n) is 5.86. The van der Waals surface area contributed by atoms with Crippen molar-refractivity contribution in [3.8, 4) is 0 Å². The van der Waals surface area contributed by atoms with Gasteiger partial charge in [-0.25, -0.2) is 0 Å². The molecule has 0 bridgehead atoms. The van der Waals surface area contributed by atoms with Gasteiger partial charge in [0.05, 0.1) is 6.04 Å². The summed E-state index contributed by atoms with van der Waals surface area (Å²) < 4.78 is 0. The lowest BCUT2D eigenvalue weighted by Crippen LogP contribution is -2.55. The van der Waals surface area contributed by atoms with E-state index in [2.05, 4.69) is 54.1 Å². The van der Waals surface area contributed by atoms with E-state index in [4.69, 9.17) is 0 Å². The quantitative estimate of drug-likeness (QED) is 0.922. The maximum Gasteiger partial charge on any atom is 0.237 e. The molecule has 1 heterocycles. The Bertz CT molecular complexity index is 572. The molecule has 1 atom stereocenters. The van der Waals surface area contributed by atoms with Crippen LogP contribution in [0.25, 0.3) is 0 Å². The number of hydrogen-bond donors (Lipinski definition) is 1. The third kappa shape index (κ3) is 3.75. The van der Waals surface area contributed by atoms with Crippen LogP contribution >= 0.6 is 0 Å². The maximum absolute atomic E-state index is 12.5. The van der Waals surface area contributed by atoms with Gasteiger partial charge in [0, 0.05) is 37.9 Å². The minimum absolute atomic E-state index is 0.0219. The van der Waals surface area contributed by atoms with E-state index < -0.39 is 0 Å². The SMILES string of the molecule is Cc1cccc(N2CCN(C(C)C(=O)NC3CCCC3)CC2)c1C. The van der Waals surface area contributed by atoms with Gasteiger partial charge in [-0.3, -0.25) is 9.69 Å². The standard InChI is InChI=1S/C20H31N3O/c1-15-7-6-10-19(16(15)2)23-13-11-22(12-14-23)17(3)20(24)21-18-8-4-5-9-18/h6-7,10,17-18H,4-5,8-9,11-14H2,1-3H3,(H,21,24). The summed E-state index contributed by atoms with van der Waals surface area (Å²) in [7, 11) is 0. The number of amides is 1. The van der Waals surface area contributed by atoms with Crippen LogP contribution in [0, 0.1) is 13.8 Å². The minimum atomic E-state index is -0.0219. The lowest BCUT2D eigenvalue weighted by Gasteiger charge is -2.39. The number of rotatable bonds is 4. The fourth-order valence-electron chi connectivity index (χ4n) is 3.99. The van der Waals surface area contributed by atoms with E-state index in [0.717, 1.165) is 39.0 Å². The van der Waals surface area contributed by atoms with Gasteiger partial charge in [-0.1, -0.05) is 25.0 Å². The third-order valence-corrected chi connectivity index (χ3v) is 5.86. The molecule has 1 aromatic carbocycles. The van der Waals surface area contributed by atoms with Gasteiger partial charge in [0.25, 0.3) is 0 Å². The second-order valence-electron chi connectivity index (χ2n) is 7.41. The minimum Gasteiger partial charge on any atom is -0.369 e. The van der Waals surface area contributed by atoms with Crippen molar-refractivity contribution in [3.63, 3.8) is 0 Å². The van der Waals surface area contributed by atoms with Gasteiger partial charge in [0.15, 0.2) is 0 Å². The lowest BCUT2D eigenvalue weighted by atomic mass is 10.1. The molecule has 1 saturated carbocycles. The lowest BCUT2D eigenvalue weighted by molar-refractivity contribution is -0.126. The predicted octanol–water partition coefficient (Wildman–Crippen LogP) is 2.87. The van der Waals surface area contributed by atoms with E-state index in [-0.39, 0.29) is 11.9 Å². The number of carbonyl (C=O) groups excluding carboxylic acids is 1. The Balaban J connectivity index is 1.54. The van der Waals surface area contributed by atoms with Crippen LogP contribution in [-0.4, -0.2) is 49.1 Å². The van der Waals surface area contributed by atoms with E-state index in [0.29, 0.717) is 6.04 Å². The van der Waals surface area contributed by atoms with Crippen molar-refractivity contribution in [3.05, 3.63) is 29.3 Å². The van der Waals surface area contributed by atoms with Crippen LogP contribution in [0.5, 0.6) is 0 Å². The molecule has 1 N–H and O–H groups in total. The van der Waals surface area contributed by atoms with Crippen LogP contribution in [0.4, 0.5) is 5.69 Å². The Hall–Kier alpha value is -1.55. The fourth-order valence-corrected chi connectivity index (χ4v) is 3.99. The number of nitrogens with one attached hydrogen (secondary N) is 1. The van der Waals surface area contributed by atoms with Crippen molar-refractivity contribution in [2.45, 2.75) is 58.5 Å². The zero-order valence-corrected chi connectivity index (χ0v) is 15.3. The largest absolute Gasteiger partial charge is 0.369 e. The molecule has 24 heavy (non-hydrogen) atoms. The molecule has 2 fully saturated rings. The molecule has 4 heteroatoms. The predicted molar refractivity (Wildman–Crippen MR) is 99.6 cm³/mol. The highest BCUT2D eigenvalue weighted by Gasteiger charge is 2.28. The second kappa shape index (κ2) is 7.56. The molecule has 3 rings (SSSR count). The average molecular weight is 329 g/mol. The molecule has 1 unspecified atom stereocenters. The summed E-state index contributed by atoms with van der Waals surface area (Å²) >= 11 is 0. The molecule has 1 aromatic rings. The van der Waals surface area contributed by atoms with E-state index in [9.17, 15) is 4.79 Å². The van der Waals surface area contributed by atoms with E-state index >= 15 is 0 Å². The molecule has 1 amide bonds. The summed E-state index contributed by atoms with van der Waals surface area (Å²) in [5, 5.41) is 3.24. The zero-order chi connectivity index (χ0) is 17.1. The van der Waals surface area contributed by atoms with Crippen LogP contribution in [0.1, 0.15) is 43.7 Å². The number of anilines is 1. The zero-order valence-electron chi connectivity index (χ0n) is 15.3. The molecule has 1 saturated heterocycles. The number of piperazine rings is 1. The number of hydrogen-bond acceptors (Lipinski definition) is 3. The normalized spacial score (nSPS) is 21.0. The first-order valence-corrected chi connectivity index (χ1v) is 9.42. The van der Waals surface area contributed by atoms with Crippen molar-refractivity contribution >= 4 is 11.6 Å². The van der Waals surface area contributed by atoms with Gasteiger partial charge in [0.2, 0.25) is 5.91 Å². The highest BCUT2D eigenvalue weighted by molar-refractivity contribution is 5.81. The first-order chi connectivity index (χ1) is 11.6. The van der Waals surface area contributed by atoms with Crippen LogP contribution in [0.2, 0.25) is 0 Å². The van der Waals surface area contributed by atoms with Gasteiger partial charge in [-0.05, 0) is 50.8 Å². The number of aryl methyl sites for hydroxylation is 1. The highest BCUT2D eigenvalue weighted by Crippen LogP contribution is 2.24. The molecular weight excluding hydrogens is 298 g/mol. The monoisotopic (exact) mass is 329 g/mol. The first kappa shape index (κ1) is 17.3. The van der Waals surface area contributed by atoms with Crippen molar-refractivity contribution in [2.75, 3.05) is 31.1 Å². The molecule has 4 nitrogen and oxygen atoms in total. The van der Waals surface area contributed by atoms with E-state index in [1.807, 2.05) is 0 Å². The number of nitrogens with zero attached hydrogens (tertiary/aromatic N) is 2. The van der Waals surface area contributed by atoms with Crippen molar-refractivity contribution in [2.24, 2.45) is 0 Å². The van der Waals surface area contributed by atoms with Gasteiger partial charge >= 0.3 is 0 Å². The van der Waals surface area contributed by atoms with E-state index in [1.54, 1.807) is 0 Å². The second-order valence-corrected chi connectivity index (χ2v) is 7.41. The van der Waals surface area contributed by atoms with Crippen molar-refractivity contribution in [1.29, 1.82) is 0 Å². The smallest absolute Gasteiger partial charge is 0.237 e. The Kier molecular flexibility index (Phi) is 5.44. The summed E-state index contributed by atoms with van der Waals surface area (Å²) in [6.07, 6.45) is 4.82. The molecule has 0 radical (unpaired) electrons. The summed E-state index contributed by atoms with van der Waals surface area (Å²) in [5.74, 6) is 0.210. The highest BCUT2D eigenvalue weighted by atomic mass is 16.2. The maximum atomic E-state index is 12.5. The molecule has 0 aromatic heterocycles. The number of carbonyl (C=O) groups is 1. The van der Waals surface area contributed by atoms with Crippen LogP contribution in [-0.2, 0) is 4.79 Å². The molecular formula is C20H31N3O. The molecule has 132 valence electrons. The Morgan fingerprint density at radius 2 is 1.79 bits per heavy atom. The molecule has 2 aliphatic rings. The van der Waals surface area contributed by atoms with Crippen LogP contribution < -0.4 is 10.2 Å². The fraction of sp³-hybridized carbons (Fsp3) is 0.650. The average Bonchev–Trinajstić information content (AvgIpc) is 3.10. The Labute approximate surface area is 146 Å². The topological polar surface area (TPSA) is 35.6 Å². The molecule has 1 aliphatic carbocycles. The Morgan fingerprint density at radius 1 is 1.12 bits per heavy atom. The Morgan fingerprint density at radius 3 is 2.46 bits per heavy atom. The van der Waals surface area contributed by atoms with Gasteiger partial charge in [-0.2, -0.15) is 0 Å². The van der Waals surface area contributed by atoms with E-state index in [1.165, 1.54) is 29.7 Å². The summed E-state index contributed by atoms with van der Waals surface area (Å²) in [4.78, 5) is 17.3. The molecule has 0 spiro atoms. The summed E-state index contributed by atoms with van der Waals surface area (Å²) in [6.45, 7) is 10.3. The van der Waals surface area contributed by atoms with Gasteiger partial charge in [-0.15, -0.1) is 0 Å². The first-order valence-electron chi connectivity index (χ1n) is 9.42. The van der Waals surface area contributed by atoms with Crippen LogP contribution in [0.15, 0.2) is 18.2 Å². The summed E-state index contributed by atoms with van der Waals surface area (Å²) in [6, 6.07) is 6.92. The molecule has 1 aliphatic heterocycles. The van der Waals surface area contributed by atoms with Crippen molar-refractivity contribution in [1.82, 2.24) is 10.2 Å². The van der Waals surface area contributed by atoms with Gasteiger partial charge < -0.3 is 10.2 Å². The van der Waals surface area contributed by atoms with Crippen LogP contribution in [0.3, 0.4) is 0 Å². The van der Waals surface area contributed by atoms with Gasteiger partial charge in [0.1, 0.15) is 0 Å².